The number of hydrogen-bond donors (Lipinski definition) is 1. The number of anilines is 1. The molecule has 1 fully saturated rings. The van der Waals surface area contributed by atoms with Crippen LogP contribution in [0.5, 0.6) is 0 Å². The molecule has 6 nitrogen and oxygen atoms in total. The summed E-state index contributed by atoms with van der Waals surface area (Å²) in [4.78, 5) is 19.1. The number of carbonyl (C=O) groups is 1. The highest BCUT2D eigenvalue weighted by molar-refractivity contribution is 5.95. The predicted molar refractivity (Wildman–Crippen MR) is 95.3 cm³/mol. The molecule has 3 heterocycles. The Balaban J connectivity index is 1.48. The number of likely N-dealkylation sites (tertiary alicyclic amines) is 1. The molecule has 25 heavy (non-hydrogen) atoms. The minimum absolute atomic E-state index is 0.0133. The van der Waals surface area contributed by atoms with Crippen LogP contribution in [-0.4, -0.2) is 34.0 Å². The SMILES string of the molecule is Cc1c(C2CCN(C(=O)c3ccc4ccccc4n3)CC2)noc1N. The number of nitrogens with two attached hydrogens (primary N) is 1. The molecule has 128 valence electrons. The third-order valence-electron chi connectivity index (χ3n) is 4.98. The minimum atomic E-state index is -0.0133. The molecule has 2 aromatic heterocycles. The van der Waals surface area contributed by atoms with Gasteiger partial charge in [-0.05, 0) is 31.9 Å². The fourth-order valence-electron chi connectivity index (χ4n) is 3.45. The van der Waals surface area contributed by atoms with Gasteiger partial charge in [-0.1, -0.05) is 29.4 Å². The quantitative estimate of drug-likeness (QED) is 0.777. The standard InChI is InChI=1S/C19H20N4O2/c1-12-17(22-25-18(12)20)14-8-10-23(11-9-14)19(24)16-7-6-13-4-2-3-5-15(13)21-16/h2-7,14H,8-11,20H2,1H3. The van der Waals surface area contributed by atoms with Gasteiger partial charge in [-0.25, -0.2) is 4.98 Å². The smallest absolute Gasteiger partial charge is 0.272 e. The Labute approximate surface area is 145 Å². The zero-order valence-corrected chi connectivity index (χ0v) is 14.1. The van der Waals surface area contributed by atoms with E-state index in [1.807, 2.05) is 42.2 Å². The van der Waals surface area contributed by atoms with Crippen molar-refractivity contribution in [3.63, 3.8) is 0 Å². The number of rotatable bonds is 2. The van der Waals surface area contributed by atoms with Gasteiger partial charge in [0, 0.05) is 30.0 Å². The average molecular weight is 336 g/mol. The molecule has 2 N–H and O–H groups in total. The topological polar surface area (TPSA) is 85.2 Å². The van der Waals surface area contributed by atoms with Crippen molar-refractivity contribution in [3.8, 4) is 0 Å². The molecule has 1 amide bonds. The molecule has 6 heteroatoms. The Kier molecular flexibility index (Phi) is 3.87. The summed E-state index contributed by atoms with van der Waals surface area (Å²) in [6.45, 7) is 3.30. The second kappa shape index (κ2) is 6.20. The van der Waals surface area contributed by atoms with Crippen LogP contribution in [0.25, 0.3) is 10.9 Å². The van der Waals surface area contributed by atoms with Crippen molar-refractivity contribution >= 4 is 22.7 Å². The zero-order valence-electron chi connectivity index (χ0n) is 14.1. The molecule has 1 saturated heterocycles. The van der Waals surface area contributed by atoms with E-state index in [9.17, 15) is 4.79 Å². The Morgan fingerprint density at radius 1 is 1.20 bits per heavy atom. The monoisotopic (exact) mass is 336 g/mol. The molecule has 0 atom stereocenters. The summed E-state index contributed by atoms with van der Waals surface area (Å²) in [6.07, 6.45) is 1.71. The fourth-order valence-corrected chi connectivity index (χ4v) is 3.45. The molecule has 4 rings (SSSR count). The lowest BCUT2D eigenvalue weighted by Gasteiger charge is -2.31. The number of hydrogen-bond acceptors (Lipinski definition) is 5. The number of nitrogens with zero attached hydrogens (tertiary/aromatic N) is 3. The van der Waals surface area contributed by atoms with E-state index >= 15 is 0 Å². The van der Waals surface area contributed by atoms with E-state index in [1.165, 1.54) is 0 Å². The van der Waals surface area contributed by atoms with Gasteiger partial charge in [0.25, 0.3) is 5.91 Å². The van der Waals surface area contributed by atoms with Crippen molar-refractivity contribution < 1.29 is 9.32 Å². The number of para-hydroxylation sites is 1. The van der Waals surface area contributed by atoms with Gasteiger partial charge in [-0.2, -0.15) is 0 Å². The second-order valence-electron chi connectivity index (χ2n) is 6.51. The van der Waals surface area contributed by atoms with Crippen LogP contribution in [0.15, 0.2) is 40.9 Å². The van der Waals surface area contributed by atoms with Crippen molar-refractivity contribution in [1.29, 1.82) is 0 Å². The number of fused-ring (bicyclic) bond motifs is 1. The summed E-state index contributed by atoms with van der Waals surface area (Å²) in [5.41, 5.74) is 8.93. The molecular formula is C19H20N4O2. The summed E-state index contributed by atoms with van der Waals surface area (Å²) in [5.74, 6) is 0.657. The van der Waals surface area contributed by atoms with Gasteiger partial charge in [0.2, 0.25) is 5.88 Å². The van der Waals surface area contributed by atoms with Crippen LogP contribution < -0.4 is 5.73 Å². The van der Waals surface area contributed by atoms with E-state index in [2.05, 4.69) is 10.1 Å². The molecule has 0 radical (unpaired) electrons. The molecule has 1 aliphatic heterocycles. The Morgan fingerprint density at radius 3 is 2.68 bits per heavy atom. The summed E-state index contributed by atoms with van der Waals surface area (Å²) in [7, 11) is 0. The molecule has 3 aromatic rings. The lowest BCUT2D eigenvalue weighted by molar-refractivity contribution is 0.0706. The highest BCUT2D eigenvalue weighted by Crippen LogP contribution is 2.31. The lowest BCUT2D eigenvalue weighted by Crippen LogP contribution is -2.38. The molecule has 1 aliphatic rings. The summed E-state index contributed by atoms with van der Waals surface area (Å²) in [6, 6.07) is 11.6. The Morgan fingerprint density at radius 2 is 1.96 bits per heavy atom. The van der Waals surface area contributed by atoms with Crippen LogP contribution in [0.4, 0.5) is 5.88 Å². The number of piperidine rings is 1. The number of aromatic nitrogens is 2. The maximum Gasteiger partial charge on any atom is 0.272 e. The zero-order chi connectivity index (χ0) is 17.4. The molecule has 0 aliphatic carbocycles. The highest BCUT2D eigenvalue weighted by Gasteiger charge is 2.28. The Bertz CT molecular complexity index is 926. The van der Waals surface area contributed by atoms with Crippen LogP contribution in [-0.2, 0) is 0 Å². The van der Waals surface area contributed by atoms with Gasteiger partial charge in [0.05, 0.1) is 11.2 Å². The number of carbonyl (C=O) groups excluding carboxylic acids is 1. The molecule has 0 saturated carbocycles. The number of amides is 1. The number of benzene rings is 1. The van der Waals surface area contributed by atoms with Crippen molar-refractivity contribution in [2.45, 2.75) is 25.7 Å². The van der Waals surface area contributed by atoms with E-state index in [-0.39, 0.29) is 11.8 Å². The third-order valence-corrected chi connectivity index (χ3v) is 4.98. The first-order chi connectivity index (χ1) is 12.1. The van der Waals surface area contributed by atoms with Gasteiger partial charge >= 0.3 is 0 Å². The highest BCUT2D eigenvalue weighted by atomic mass is 16.5. The summed E-state index contributed by atoms with van der Waals surface area (Å²) in [5, 5.41) is 5.12. The first kappa shape index (κ1) is 15.6. The van der Waals surface area contributed by atoms with E-state index in [4.69, 9.17) is 10.3 Å². The van der Waals surface area contributed by atoms with Crippen LogP contribution >= 0.6 is 0 Å². The maximum atomic E-state index is 12.8. The van der Waals surface area contributed by atoms with Gasteiger partial charge < -0.3 is 15.2 Å². The van der Waals surface area contributed by atoms with Gasteiger partial charge in [0.1, 0.15) is 5.69 Å². The van der Waals surface area contributed by atoms with Gasteiger partial charge in [-0.3, -0.25) is 4.79 Å². The fraction of sp³-hybridized carbons (Fsp3) is 0.316. The maximum absolute atomic E-state index is 12.8. The average Bonchev–Trinajstić information content (AvgIpc) is 3.00. The number of pyridine rings is 1. The van der Waals surface area contributed by atoms with Gasteiger partial charge in [-0.15, -0.1) is 0 Å². The first-order valence-corrected chi connectivity index (χ1v) is 8.50. The van der Waals surface area contributed by atoms with E-state index < -0.39 is 0 Å². The van der Waals surface area contributed by atoms with Crippen molar-refractivity contribution in [2.75, 3.05) is 18.8 Å². The van der Waals surface area contributed by atoms with Crippen LogP contribution in [0.3, 0.4) is 0 Å². The summed E-state index contributed by atoms with van der Waals surface area (Å²) >= 11 is 0. The van der Waals surface area contributed by atoms with Crippen LogP contribution in [0.2, 0.25) is 0 Å². The molecular weight excluding hydrogens is 316 g/mol. The van der Waals surface area contributed by atoms with E-state index in [0.717, 1.165) is 35.0 Å². The van der Waals surface area contributed by atoms with E-state index in [1.54, 1.807) is 6.07 Å². The molecule has 0 spiro atoms. The van der Waals surface area contributed by atoms with E-state index in [0.29, 0.717) is 24.7 Å². The minimum Gasteiger partial charge on any atom is -0.367 e. The third kappa shape index (κ3) is 2.84. The first-order valence-electron chi connectivity index (χ1n) is 8.50. The van der Waals surface area contributed by atoms with Crippen molar-refractivity contribution in [2.24, 2.45) is 0 Å². The van der Waals surface area contributed by atoms with Crippen LogP contribution in [0.1, 0.15) is 40.5 Å². The normalized spacial score (nSPS) is 15.6. The molecule has 0 unspecified atom stereocenters. The van der Waals surface area contributed by atoms with Crippen molar-refractivity contribution in [1.82, 2.24) is 15.0 Å². The molecule has 0 bridgehead atoms. The lowest BCUT2D eigenvalue weighted by atomic mass is 9.91. The second-order valence-corrected chi connectivity index (χ2v) is 6.51. The predicted octanol–water partition coefficient (Wildman–Crippen LogP) is 3.13. The van der Waals surface area contributed by atoms with Crippen LogP contribution in [0, 0.1) is 6.92 Å². The molecule has 1 aromatic carbocycles. The van der Waals surface area contributed by atoms with Gasteiger partial charge in [0.15, 0.2) is 0 Å². The van der Waals surface area contributed by atoms with Crippen molar-refractivity contribution in [3.05, 3.63) is 53.3 Å². The Hall–Kier alpha value is -2.89. The number of nitrogen functional groups attached to an aromatic ring is 1. The largest absolute Gasteiger partial charge is 0.367 e. The summed E-state index contributed by atoms with van der Waals surface area (Å²) < 4.78 is 5.07.